The molecule has 2 heteroatoms. The van der Waals surface area contributed by atoms with E-state index in [9.17, 15) is 4.79 Å². The highest BCUT2D eigenvalue weighted by Crippen LogP contribution is 2.34. The van der Waals surface area contributed by atoms with E-state index in [0.29, 0.717) is 6.42 Å². The Morgan fingerprint density at radius 1 is 1.31 bits per heavy atom. The van der Waals surface area contributed by atoms with Crippen molar-refractivity contribution in [3.63, 3.8) is 0 Å². The van der Waals surface area contributed by atoms with Crippen LogP contribution in [0, 0.1) is 0 Å². The van der Waals surface area contributed by atoms with Crippen LogP contribution in [0.3, 0.4) is 0 Å². The number of hydrogen-bond acceptors (Lipinski definition) is 2. The van der Waals surface area contributed by atoms with Gasteiger partial charge in [0.2, 0.25) is 0 Å². The summed E-state index contributed by atoms with van der Waals surface area (Å²) in [5, 5.41) is 0. The van der Waals surface area contributed by atoms with Crippen molar-refractivity contribution in [2.24, 2.45) is 0 Å². The zero-order valence-electron chi connectivity index (χ0n) is 9.69. The number of esters is 1. The number of benzene rings is 1. The van der Waals surface area contributed by atoms with E-state index in [-0.39, 0.29) is 18.0 Å². The highest BCUT2D eigenvalue weighted by molar-refractivity contribution is 5.73. The second-order valence-corrected chi connectivity index (χ2v) is 4.39. The lowest BCUT2D eigenvalue weighted by atomic mass is 9.90. The van der Waals surface area contributed by atoms with E-state index in [2.05, 4.69) is 19.1 Å². The van der Waals surface area contributed by atoms with E-state index in [0.717, 1.165) is 19.3 Å². The van der Waals surface area contributed by atoms with E-state index in [1.54, 1.807) is 0 Å². The summed E-state index contributed by atoms with van der Waals surface area (Å²) >= 11 is 0. The molecule has 0 radical (unpaired) electrons. The molecule has 1 aliphatic rings. The summed E-state index contributed by atoms with van der Waals surface area (Å²) in [5.41, 5.74) is 1.23. The van der Waals surface area contributed by atoms with Crippen LogP contribution in [0.5, 0.6) is 0 Å². The van der Waals surface area contributed by atoms with Crippen LogP contribution in [0.15, 0.2) is 30.3 Å². The summed E-state index contributed by atoms with van der Waals surface area (Å²) in [6.45, 7) is 2.16. The molecule has 2 nitrogen and oxygen atoms in total. The zero-order chi connectivity index (χ0) is 11.4. The van der Waals surface area contributed by atoms with Crippen LogP contribution in [-0.2, 0) is 9.53 Å². The summed E-state index contributed by atoms with van der Waals surface area (Å²) < 4.78 is 5.39. The van der Waals surface area contributed by atoms with Gasteiger partial charge in [0.25, 0.3) is 0 Å². The predicted octanol–water partition coefficient (Wildman–Crippen LogP) is 3.28. The van der Waals surface area contributed by atoms with Crippen molar-refractivity contribution in [3.05, 3.63) is 35.9 Å². The lowest BCUT2D eigenvalue weighted by molar-refractivity contribution is -0.141. The Bertz CT molecular complexity index is 345. The van der Waals surface area contributed by atoms with E-state index in [1.807, 2.05) is 18.2 Å². The largest absolute Gasteiger partial charge is 0.462 e. The molecule has 0 aromatic heterocycles. The Morgan fingerprint density at radius 2 is 2.06 bits per heavy atom. The van der Waals surface area contributed by atoms with Gasteiger partial charge in [0, 0.05) is 5.92 Å². The molecule has 1 aliphatic heterocycles. The second kappa shape index (κ2) is 5.15. The topological polar surface area (TPSA) is 26.3 Å². The molecule has 0 aliphatic carbocycles. The quantitative estimate of drug-likeness (QED) is 0.725. The van der Waals surface area contributed by atoms with Gasteiger partial charge >= 0.3 is 5.97 Å². The zero-order valence-corrected chi connectivity index (χ0v) is 9.69. The number of rotatable bonds is 4. The van der Waals surface area contributed by atoms with Crippen LogP contribution in [0.1, 0.15) is 44.1 Å². The van der Waals surface area contributed by atoms with Crippen LogP contribution in [0.2, 0.25) is 0 Å². The van der Waals surface area contributed by atoms with Crippen molar-refractivity contribution in [3.8, 4) is 0 Å². The molecule has 0 spiro atoms. The SMILES string of the molecule is CCCC[C@@H]1OC(=O)C[C@@H]1c1ccccc1. The predicted molar refractivity (Wildman–Crippen MR) is 63.2 cm³/mol. The molecule has 86 valence electrons. The van der Waals surface area contributed by atoms with Gasteiger partial charge in [0.15, 0.2) is 0 Å². The van der Waals surface area contributed by atoms with Crippen molar-refractivity contribution < 1.29 is 9.53 Å². The molecule has 0 N–H and O–H groups in total. The first-order chi connectivity index (χ1) is 7.81. The van der Waals surface area contributed by atoms with Gasteiger partial charge in [0.1, 0.15) is 6.10 Å². The van der Waals surface area contributed by atoms with E-state index >= 15 is 0 Å². The van der Waals surface area contributed by atoms with Crippen LogP contribution in [0.25, 0.3) is 0 Å². The highest BCUT2D eigenvalue weighted by Gasteiger charge is 2.34. The van der Waals surface area contributed by atoms with Crippen molar-refractivity contribution in [1.82, 2.24) is 0 Å². The molecule has 2 rings (SSSR count). The third-order valence-corrected chi connectivity index (χ3v) is 3.19. The van der Waals surface area contributed by atoms with Crippen LogP contribution < -0.4 is 0 Å². The lowest BCUT2D eigenvalue weighted by Crippen LogP contribution is -2.14. The van der Waals surface area contributed by atoms with Crippen LogP contribution in [0.4, 0.5) is 0 Å². The Kier molecular flexibility index (Phi) is 3.60. The Balaban J connectivity index is 2.09. The third-order valence-electron chi connectivity index (χ3n) is 3.19. The first kappa shape index (κ1) is 11.2. The summed E-state index contributed by atoms with van der Waals surface area (Å²) in [4.78, 5) is 11.4. The molecule has 0 amide bonds. The van der Waals surface area contributed by atoms with Crippen LogP contribution in [-0.4, -0.2) is 12.1 Å². The number of carbonyl (C=O) groups is 1. The summed E-state index contributed by atoms with van der Waals surface area (Å²) in [6.07, 6.45) is 3.90. The highest BCUT2D eigenvalue weighted by atomic mass is 16.5. The number of ether oxygens (including phenoxy) is 1. The standard InChI is InChI=1S/C14H18O2/c1-2-3-9-13-12(10-14(15)16-13)11-7-5-4-6-8-11/h4-8,12-13H,2-3,9-10H2,1H3/t12-,13+/m1/s1. The minimum Gasteiger partial charge on any atom is -0.462 e. The molecule has 0 saturated carbocycles. The maximum Gasteiger partial charge on any atom is 0.306 e. The minimum absolute atomic E-state index is 0.0463. The number of unbranched alkanes of at least 4 members (excludes halogenated alkanes) is 1. The van der Waals surface area contributed by atoms with E-state index in [4.69, 9.17) is 4.74 Å². The fourth-order valence-electron chi connectivity index (χ4n) is 2.31. The number of cyclic esters (lactones) is 1. The van der Waals surface area contributed by atoms with Gasteiger partial charge in [-0.05, 0) is 12.0 Å². The molecule has 0 bridgehead atoms. The molecule has 1 saturated heterocycles. The van der Waals surface area contributed by atoms with Gasteiger partial charge in [-0.25, -0.2) is 0 Å². The molecule has 1 fully saturated rings. The summed E-state index contributed by atoms with van der Waals surface area (Å²) in [7, 11) is 0. The monoisotopic (exact) mass is 218 g/mol. The lowest BCUT2D eigenvalue weighted by Gasteiger charge is -2.17. The number of carbonyl (C=O) groups excluding carboxylic acids is 1. The maximum atomic E-state index is 11.4. The Hall–Kier alpha value is -1.31. The van der Waals surface area contributed by atoms with Gasteiger partial charge in [-0.2, -0.15) is 0 Å². The molecule has 1 aromatic rings. The molecular weight excluding hydrogens is 200 g/mol. The fraction of sp³-hybridized carbons (Fsp3) is 0.500. The molecule has 16 heavy (non-hydrogen) atoms. The first-order valence-electron chi connectivity index (χ1n) is 6.05. The Morgan fingerprint density at radius 3 is 2.75 bits per heavy atom. The van der Waals surface area contributed by atoms with E-state index in [1.165, 1.54) is 5.56 Å². The fourth-order valence-corrected chi connectivity index (χ4v) is 2.31. The third kappa shape index (κ3) is 2.43. The normalized spacial score (nSPS) is 24.4. The van der Waals surface area contributed by atoms with Crippen molar-refractivity contribution in [2.45, 2.75) is 44.6 Å². The smallest absolute Gasteiger partial charge is 0.306 e. The van der Waals surface area contributed by atoms with Crippen molar-refractivity contribution in [1.29, 1.82) is 0 Å². The van der Waals surface area contributed by atoms with Gasteiger partial charge in [-0.15, -0.1) is 0 Å². The maximum absolute atomic E-state index is 11.4. The average molecular weight is 218 g/mol. The van der Waals surface area contributed by atoms with Crippen molar-refractivity contribution in [2.75, 3.05) is 0 Å². The Labute approximate surface area is 96.6 Å². The van der Waals surface area contributed by atoms with Crippen LogP contribution >= 0.6 is 0 Å². The van der Waals surface area contributed by atoms with Gasteiger partial charge in [-0.1, -0.05) is 50.1 Å². The molecule has 2 atom stereocenters. The summed E-state index contributed by atoms with van der Waals surface area (Å²) in [5.74, 6) is 0.218. The average Bonchev–Trinajstić information content (AvgIpc) is 2.69. The van der Waals surface area contributed by atoms with Gasteiger partial charge < -0.3 is 4.74 Å². The van der Waals surface area contributed by atoms with Gasteiger partial charge in [-0.3, -0.25) is 4.79 Å². The minimum atomic E-state index is -0.0463. The first-order valence-corrected chi connectivity index (χ1v) is 6.05. The van der Waals surface area contributed by atoms with Gasteiger partial charge in [0.05, 0.1) is 6.42 Å². The molecule has 1 heterocycles. The molecule has 0 unspecified atom stereocenters. The van der Waals surface area contributed by atoms with E-state index < -0.39 is 0 Å². The molecule has 1 aromatic carbocycles. The van der Waals surface area contributed by atoms with Crippen molar-refractivity contribution >= 4 is 5.97 Å². The molecular formula is C14H18O2. The summed E-state index contributed by atoms with van der Waals surface area (Å²) in [6, 6.07) is 10.2. The second-order valence-electron chi connectivity index (χ2n) is 4.39. The number of hydrogen-bond donors (Lipinski definition) is 0.